The van der Waals surface area contributed by atoms with Gasteiger partial charge in [-0.15, -0.1) is 11.3 Å². The summed E-state index contributed by atoms with van der Waals surface area (Å²) < 4.78 is 0. The second-order valence-electron chi connectivity index (χ2n) is 5.00. The molecule has 2 rings (SSSR count). The van der Waals surface area contributed by atoms with Crippen molar-refractivity contribution >= 4 is 17.3 Å². The average Bonchev–Trinajstić information content (AvgIpc) is 2.82. The van der Waals surface area contributed by atoms with Crippen molar-refractivity contribution in [2.75, 3.05) is 0 Å². The van der Waals surface area contributed by atoms with Crippen molar-refractivity contribution in [3.8, 4) is 0 Å². The fourth-order valence-electron chi connectivity index (χ4n) is 2.03. The summed E-state index contributed by atoms with van der Waals surface area (Å²) in [6.07, 6.45) is 1.02. The Hall–Kier alpha value is -1.65. The first-order valence-corrected chi connectivity index (χ1v) is 7.47. The maximum absolute atomic E-state index is 10.8. The minimum absolute atomic E-state index is 0.329. The van der Waals surface area contributed by atoms with Crippen LogP contribution in [-0.2, 0) is 13.0 Å². The molecule has 0 spiro atoms. The van der Waals surface area contributed by atoms with E-state index in [-0.39, 0.29) is 0 Å². The number of nitrogens with one attached hydrogen (secondary N) is 1. The van der Waals surface area contributed by atoms with Crippen LogP contribution >= 0.6 is 11.3 Å². The van der Waals surface area contributed by atoms with Gasteiger partial charge in [-0.05, 0) is 50.1 Å². The highest BCUT2D eigenvalue weighted by Crippen LogP contribution is 2.16. The Labute approximate surface area is 123 Å². The highest BCUT2D eigenvalue weighted by atomic mass is 32.1. The predicted octanol–water partition coefficient (Wildman–Crippen LogP) is 3.48. The van der Waals surface area contributed by atoms with Gasteiger partial charge in [-0.25, -0.2) is 4.79 Å². The van der Waals surface area contributed by atoms with Crippen LogP contribution in [0.2, 0.25) is 0 Å². The average molecular weight is 289 g/mol. The van der Waals surface area contributed by atoms with Crippen LogP contribution in [0, 0.1) is 6.92 Å². The largest absolute Gasteiger partial charge is 0.478 e. The molecule has 2 aromatic rings. The molecule has 0 saturated heterocycles. The minimum atomic E-state index is -0.883. The maximum Gasteiger partial charge on any atom is 0.335 e. The molecule has 1 aromatic carbocycles. The van der Waals surface area contributed by atoms with Crippen molar-refractivity contribution in [2.45, 2.75) is 32.9 Å². The standard InChI is InChI=1S/C16H19NO2S/c1-11(9-15-8-3-12(2)20-15)17-10-13-4-6-14(7-5-13)16(18)19/h3-8,11,17H,9-10H2,1-2H3,(H,18,19). The lowest BCUT2D eigenvalue weighted by atomic mass is 10.1. The lowest BCUT2D eigenvalue weighted by Crippen LogP contribution is -2.27. The molecule has 2 N–H and O–H groups in total. The number of rotatable bonds is 6. The number of carboxylic acids is 1. The molecule has 106 valence electrons. The summed E-state index contributed by atoms with van der Waals surface area (Å²) >= 11 is 1.84. The molecule has 0 fully saturated rings. The van der Waals surface area contributed by atoms with E-state index in [0.29, 0.717) is 11.6 Å². The van der Waals surface area contributed by atoms with Gasteiger partial charge >= 0.3 is 5.97 Å². The molecular weight excluding hydrogens is 270 g/mol. The molecule has 0 aliphatic heterocycles. The normalized spacial score (nSPS) is 12.3. The first kappa shape index (κ1) is 14.8. The van der Waals surface area contributed by atoms with E-state index in [0.717, 1.165) is 18.5 Å². The third-order valence-electron chi connectivity index (χ3n) is 3.16. The number of carboxylic acid groups (broad SMARTS) is 1. The van der Waals surface area contributed by atoms with Gasteiger partial charge < -0.3 is 10.4 Å². The predicted molar refractivity (Wildman–Crippen MR) is 82.5 cm³/mol. The molecule has 1 aromatic heterocycles. The lowest BCUT2D eigenvalue weighted by Gasteiger charge is -2.13. The van der Waals surface area contributed by atoms with E-state index in [1.54, 1.807) is 12.1 Å². The zero-order chi connectivity index (χ0) is 14.5. The van der Waals surface area contributed by atoms with Crippen molar-refractivity contribution in [1.82, 2.24) is 5.32 Å². The van der Waals surface area contributed by atoms with E-state index >= 15 is 0 Å². The van der Waals surface area contributed by atoms with Crippen LogP contribution in [0.5, 0.6) is 0 Å². The van der Waals surface area contributed by atoms with Gasteiger partial charge in [0.25, 0.3) is 0 Å². The second kappa shape index (κ2) is 6.68. The number of hydrogen-bond donors (Lipinski definition) is 2. The summed E-state index contributed by atoms with van der Waals surface area (Å²) in [4.78, 5) is 13.5. The van der Waals surface area contributed by atoms with Crippen LogP contribution in [0.1, 0.15) is 32.6 Å². The van der Waals surface area contributed by atoms with Gasteiger partial charge in [0.2, 0.25) is 0 Å². The van der Waals surface area contributed by atoms with Gasteiger partial charge in [0, 0.05) is 22.3 Å². The lowest BCUT2D eigenvalue weighted by molar-refractivity contribution is 0.0697. The molecule has 1 atom stereocenters. The summed E-state index contributed by atoms with van der Waals surface area (Å²) in [6.45, 7) is 5.04. The molecule has 0 aliphatic carbocycles. The summed E-state index contributed by atoms with van der Waals surface area (Å²) in [6, 6.07) is 11.7. The van der Waals surface area contributed by atoms with Crippen LogP contribution in [0.4, 0.5) is 0 Å². The Bertz CT molecular complexity index is 574. The Kier molecular flexibility index (Phi) is 4.93. The maximum atomic E-state index is 10.8. The van der Waals surface area contributed by atoms with Gasteiger partial charge in [0.1, 0.15) is 0 Å². The fraction of sp³-hybridized carbons (Fsp3) is 0.312. The van der Waals surface area contributed by atoms with Crippen LogP contribution in [0.3, 0.4) is 0 Å². The summed E-state index contributed by atoms with van der Waals surface area (Å²) in [5.41, 5.74) is 1.43. The van der Waals surface area contributed by atoms with Crippen molar-refractivity contribution in [3.63, 3.8) is 0 Å². The molecule has 3 nitrogen and oxygen atoms in total. The van der Waals surface area contributed by atoms with Crippen molar-refractivity contribution in [2.24, 2.45) is 0 Å². The Morgan fingerprint density at radius 2 is 1.95 bits per heavy atom. The van der Waals surface area contributed by atoms with Crippen molar-refractivity contribution < 1.29 is 9.90 Å². The third-order valence-corrected chi connectivity index (χ3v) is 4.18. The highest BCUT2D eigenvalue weighted by molar-refractivity contribution is 7.11. The van der Waals surface area contributed by atoms with Crippen LogP contribution in [0.15, 0.2) is 36.4 Å². The molecule has 0 radical (unpaired) electrons. The Morgan fingerprint density at radius 1 is 1.25 bits per heavy atom. The minimum Gasteiger partial charge on any atom is -0.478 e. The molecule has 0 amide bonds. The molecule has 20 heavy (non-hydrogen) atoms. The molecule has 1 heterocycles. The van der Waals surface area contributed by atoms with Gasteiger partial charge in [0.05, 0.1) is 5.56 Å². The van der Waals surface area contributed by atoms with Crippen LogP contribution in [0.25, 0.3) is 0 Å². The summed E-state index contributed by atoms with van der Waals surface area (Å²) in [5, 5.41) is 12.3. The van der Waals surface area contributed by atoms with E-state index < -0.39 is 5.97 Å². The summed E-state index contributed by atoms with van der Waals surface area (Å²) in [5.74, 6) is -0.883. The molecule has 4 heteroatoms. The number of benzene rings is 1. The van der Waals surface area contributed by atoms with Crippen molar-refractivity contribution in [1.29, 1.82) is 0 Å². The van der Waals surface area contributed by atoms with Gasteiger partial charge in [-0.3, -0.25) is 0 Å². The van der Waals surface area contributed by atoms with E-state index in [2.05, 4.69) is 31.3 Å². The van der Waals surface area contributed by atoms with E-state index in [1.807, 2.05) is 23.5 Å². The fourth-order valence-corrected chi connectivity index (χ4v) is 3.05. The van der Waals surface area contributed by atoms with Crippen LogP contribution < -0.4 is 5.32 Å². The Morgan fingerprint density at radius 3 is 2.50 bits per heavy atom. The zero-order valence-corrected chi connectivity index (χ0v) is 12.5. The first-order chi connectivity index (χ1) is 9.54. The molecule has 0 saturated carbocycles. The number of aromatic carboxylic acids is 1. The van der Waals surface area contributed by atoms with E-state index in [1.165, 1.54) is 9.75 Å². The van der Waals surface area contributed by atoms with Gasteiger partial charge in [-0.1, -0.05) is 12.1 Å². The SMILES string of the molecule is Cc1ccc(CC(C)NCc2ccc(C(=O)O)cc2)s1. The summed E-state index contributed by atoms with van der Waals surface area (Å²) in [7, 11) is 0. The molecule has 1 unspecified atom stereocenters. The van der Waals surface area contributed by atoms with Crippen LogP contribution in [-0.4, -0.2) is 17.1 Å². The third kappa shape index (κ3) is 4.18. The topological polar surface area (TPSA) is 49.3 Å². The monoisotopic (exact) mass is 289 g/mol. The second-order valence-corrected chi connectivity index (χ2v) is 6.37. The Balaban J connectivity index is 1.83. The van der Waals surface area contributed by atoms with Gasteiger partial charge in [0.15, 0.2) is 0 Å². The van der Waals surface area contributed by atoms with E-state index in [4.69, 9.17) is 5.11 Å². The zero-order valence-electron chi connectivity index (χ0n) is 11.7. The number of hydrogen-bond acceptors (Lipinski definition) is 3. The quantitative estimate of drug-likeness (QED) is 0.856. The molecular formula is C16H19NO2S. The van der Waals surface area contributed by atoms with Crippen molar-refractivity contribution in [3.05, 3.63) is 57.3 Å². The number of thiophene rings is 1. The highest BCUT2D eigenvalue weighted by Gasteiger charge is 2.06. The smallest absolute Gasteiger partial charge is 0.335 e. The first-order valence-electron chi connectivity index (χ1n) is 6.65. The number of aryl methyl sites for hydroxylation is 1. The van der Waals surface area contributed by atoms with E-state index in [9.17, 15) is 4.79 Å². The molecule has 0 bridgehead atoms. The van der Waals surface area contributed by atoms with Gasteiger partial charge in [-0.2, -0.15) is 0 Å². The number of carbonyl (C=O) groups is 1. The molecule has 0 aliphatic rings.